The summed E-state index contributed by atoms with van der Waals surface area (Å²) in [6, 6.07) is 1.52. The first-order valence-corrected chi connectivity index (χ1v) is 6.13. The van der Waals surface area contributed by atoms with E-state index >= 15 is 0 Å². The topological polar surface area (TPSA) is 111 Å². The maximum atomic E-state index is 10.6. The Morgan fingerprint density at radius 2 is 2.20 bits per heavy atom. The van der Waals surface area contributed by atoms with Gasteiger partial charge in [-0.2, -0.15) is 0 Å². The molecule has 1 rings (SSSR count). The number of nitrogen functional groups attached to an aromatic ring is 1. The minimum absolute atomic E-state index is 0.150. The molecule has 0 saturated heterocycles. The van der Waals surface area contributed by atoms with Gasteiger partial charge in [0.2, 0.25) is 10.0 Å². The van der Waals surface area contributed by atoms with E-state index in [0.717, 1.165) is 0 Å². The molecule has 0 aromatic carbocycles. The fourth-order valence-electron chi connectivity index (χ4n) is 0.914. The molecule has 0 unspecified atom stereocenters. The second-order valence-corrected chi connectivity index (χ2v) is 5.06. The molecule has 0 saturated carbocycles. The number of halogens is 1. The molecule has 0 aliphatic carbocycles. The lowest BCUT2D eigenvalue weighted by Gasteiger charge is -2.07. The molecule has 5 N–H and O–H groups in total. The van der Waals surface area contributed by atoms with Gasteiger partial charge in [-0.1, -0.05) is 11.6 Å². The molecule has 1 aromatic heterocycles. The number of hydrogen-bond acceptors (Lipinski definition) is 5. The molecular formula is C7H11ClN4O2S. The highest BCUT2D eigenvalue weighted by atomic mass is 35.5. The maximum absolute atomic E-state index is 10.6. The van der Waals surface area contributed by atoms with Crippen molar-refractivity contribution in [3.05, 3.63) is 17.3 Å². The van der Waals surface area contributed by atoms with E-state index in [0.29, 0.717) is 16.5 Å². The van der Waals surface area contributed by atoms with Crippen LogP contribution < -0.4 is 16.2 Å². The van der Waals surface area contributed by atoms with E-state index in [1.807, 2.05) is 0 Å². The van der Waals surface area contributed by atoms with Gasteiger partial charge in [-0.25, -0.2) is 18.5 Å². The number of aromatic nitrogens is 1. The van der Waals surface area contributed by atoms with Crippen molar-refractivity contribution in [3.63, 3.8) is 0 Å². The van der Waals surface area contributed by atoms with Crippen LogP contribution in [0, 0.1) is 0 Å². The van der Waals surface area contributed by atoms with E-state index in [4.69, 9.17) is 22.5 Å². The average molecular weight is 251 g/mol. The van der Waals surface area contributed by atoms with Crippen molar-refractivity contribution in [2.24, 2.45) is 5.14 Å². The largest absolute Gasteiger partial charge is 0.396 e. The standard InChI is InChI=1S/C7H11ClN4O2S/c8-5-3-6(9)7(12-4-5)11-1-2-15(10,13)14/h3-4H,1-2,9H2,(H,11,12)(H2,10,13,14). The van der Waals surface area contributed by atoms with Crippen LogP contribution in [0.1, 0.15) is 0 Å². The summed E-state index contributed by atoms with van der Waals surface area (Å²) in [7, 11) is -3.47. The molecule has 84 valence electrons. The van der Waals surface area contributed by atoms with Gasteiger partial charge in [-0.15, -0.1) is 0 Å². The highest BCUT2D eigenvalue weighted by Gasteiger charge is 2.04. The highest BCUT2D eigenvalue weighted by molar-refractivity contribution is 7.89. The van der Waals surface area contributed by atoms with Crippen molar-refractivity contribution in [2.45, 2.75) is 0 Å². The number of anilines is 2. The Balaban J connectivity index is 2.59. The summed E-state index contributed by atoms with van der Waals surface area (Å²) in [5, 5.41) is 7.98. The van der Waals surface area contributed by atoms with Crippen LogP contribution in [-0.4, -0.2) is 25.7 Å². The molecule has 0 fully saturated rings. The van der Waals surface area contributed by atoms with Crippen LogP contribution in [0.25, 0.3) is 0 Å². The van der Waals surface area contributed by atoms with Crippen molar-refractivity contribution >= 4 is 33.1 Å². The number of sulfonamides is 1. The number of rotatable bonds is 4. The predicted octanol–water partition coefficient (Wildman–Crippen LogP) is 0.0176. The molecule has 1 aromatic rings. The van der Waals surface area contributed by atoms with E-state index in [2.05, 4.69) is 10.3 Å². The van der Waals surface area contributed by atoms with Crippen LogP contribution >= 0.6 is 11.6 Å². The smallest absolute Gasteiger partial charge is 0.210 e. The Kier molecular flexibility index (Phi) is 3.72. The van der Waals surface area contributed by atoms with Crippen LogP contribution in [0.15, 0.2) is 12.3 Å². The molecular weight excluding hydrogens is 240 g/mol. The van der Waals surface area contributed by atoms with Crippen LogP contribution in [0.5, 0.6) is 0 Å². The Bertz CT molecular complexity index is 448. The van der Waals surface area contributed by atoms with Gasteiger partial charge in [0.25, 0.3) is 0 Å². The molecule has 0 spiro atoms. The van der Waals surface area contributed by atoms with E-state index in [1.165, 1.54) is 12.3 Å². The molecule has 0 atom stereocenters. The Morgan fingerprint density at radius 3 is 2.73 bits per heavy atom. The summed E-state index contributed by atoms with van der Waals surface area (Å²) in [4.78, 5) is 3.89. The molecule has 8 heteroatoms. The fraction of sp³-hybridized carbons (Fsp3) is 0.286. The zero-order valence-electron chi connectivity index (χ0n) is 7.77. The number of nitrogens with zero attached hydrogens (tertiary/aromatic N) is 1. The first-order chi connectivity index (χ1) is 6.88. The van der Waals surface area contributed by atoms with Crippen molar-refractivity contribution < 1.29 is 8.42 Å². The molecule has 0 radical (unpaired) electrons. The van der Waals surface area contributed by atoms with E-state index < -0.39 is 10.0 Å². The third-order valence-electron chi connectivity index (χ3n) is 1.56. The average Bonchev–Trinajstić information content (AvgIpc) is 2.07. The minimum atomic E-state index is -3.47. The van der Waals surface area contributed by atoms with Gasteiger partial charge in [0.1, 0.15) is 5.82 Å². The van der Waals surface area contributed by atoms with Crippen LogP contribution in [-0.2, 0) is 10.0 Å². The highest BCUT2D eigenvalue weighted by Crippen LogP contribution is 2.18. The lowest BCUT2D eigenvalue weighted by Crippen LogP contribution is -2.22. The van der Waals surface area contributed by atoms with Crippen molar-refractivity contribution in [1.82, 2.24) is 4.98 Å². The number of nitrogens with one attached hydrogen (secondary N) is 1. The molecule has 0 bridgehead atoms. The van der Waals surface area contributed by atoms with Crippen LogP contribution in [0.4, 0.5) is 11.5 Å². The van der Waals surface area contributed by atoms with Gasteiger partial charge in [0.05, 0.1) is 16.5 Å². The van der Waals surface area contributed by atoms with Gasteiger partial charge in [0.15, 0.2) is 0 Å². The minimum Gasteiger partial charge on any atom is -0.396 e. The monoisotopic (exact) mass is 250 g/mol. The molecule has 6 nitrogen and oxygen atoms in total. The third kappa shape index (κ3) is 4.32. The third-order valence-corrected chi connectivity index (χ3v) is 2.54. The fourth-order valence-corrected chi connectivity index (χ4v) is 1.47. The summed E-state index contributed by atoms with van der Waals surface area (Å²) in [5.41, 5.74) is 5.94. The number of primary sulfonamides is 1. The van der Waals surface area contributed by atoms with Gasteiger partial charge >= 0.3 is 0 Å². The van der Waals surface area contributed by atoms with E-state index in [1.54, 1.807) is 0 Å². The molecule has 15 heavy (non-hydrogen) atoms. The summed E-state index contributed by atoms with van der Waals surface area (Å²) in [6.07, 6.45) is 1.41. The lowest BCUT2D eigenvalue weighted by atomic mass is 10.4. The Labute approximate surface area is 92.7 Å². The molecule has 1 heterocycles. The first-order valence-electron chi connectivity index (χ1n) is 4.04. The van der Waals surface area contributed by atoms with E-state index in [-0.39, 0.29) is 12.3 Å². The molecule has 0 amide bonds. The SMILES string of the molecule is Nc1cc(Cl)cnc1NCCS(N)(=O)=O. The summed E-state index contributed by atoms with van der Waals surface area (Å²) < 4.78 is 21.3. The predicted molar refractivity (Wildman–Crippen MR) is 60.1 cm³/mol. The van der Waals surface area contributed by atoms with E-state index in [9.17, 15) is 8.42 Å². The van der Waals surface area contributed by atoms with Gasteiger partial charge in [0, 0.05) is 12.7 Å². The summed E-state index contributed by atoms with van der Waals surface area (Å²) in [5.74, 6) is 0.208. The molecule has 0 aliphatic heterocycles. The first kappa shape index (κ1) is 12.0. The van der Waals surface area contributed by atoms with Crippen LogP contribution in [0.2, 0.25) is 5.02 Å². The molecule has 0 aliphatic rings. The van der Waals surface area contributed by atoms with Gasteiger partial charge < -0.3 is 11.1 Å². The van der Waals surface area contributed by atoms with Crippen LogP contribution in [0.3, 0.4) is 0 Å². The van der Waals surface area contributed by atoms with Crippen molar-refractivity contribution in [3.8, 4) is 0 Å². The quantitative estimate of drug-likeness (QED) is 0.697. The second-order valence-electron chi connectivity index (χ2n) is 2.89. The van der Waals surface area contributed by atoms with Gasteiger partial charge in [-0.3, -0.25) is 0 Å². The zero-order chi connectivity index (χ0) is 11.5. The second kappa shape index (κ2) is 4.65. The summed E-state index contributed by atoms with van der Waals surface area (Å²) >= 11 is 5.64. The summed E-state index contributed by atoms with van der Waals surface area (Å²) in [6.45, 7) is 0.150. The number of hydrogen-bond donors (Lipinski definition) is 3. The number of nitrogens with two attached hydrogens (primary N) is 2. The van der Waals surface area contributed by atoms with Crippen molar-refractivity contribution in [2.75, 3.05) is 23.3 Å². The Morgan fingerprint density at radius 1 is 1.53 bits per heavy atom. The maximum Gasteiger partial charge on any atom is 0.210 e. The number of pyridine rings is 1. The lowest BCUT2D eigenvalue weighted by molar-refractivity contribution is 0.598. The van der Waals surface area contributed by atoms with Gasteiger partial charge in [-0.05, 0) is 6.07 Å². The zero-order valence-corrected chi connectivity index (χ0v) is 9.35. The normalized spacial score (nSPS) is 11.3. The Hall–Kier alpha value is -1.05. The van der Waals surface area contributed by atoms with Crippen molar-refractivity contribution in [1.29, 1.82) is 0 Å².